The molecule has 1 nitrogen and oxygen atoms in total. The predicted molar refractivity (Wildman–Crippen MR) is 58.0 cm³/mol. The van der Waals surface area contributed by atoms with E-state index in [1.54, 1.807) is 12.1 Å². The second kappa shape index (κ2) is 6.51. The summed E-state index contributed by atoms with van der Waals surface area (Å²) in [5, 5.41) is 3.15. The number of alkyl halides is 1. The first-order chi connectivity index (χ1) is 7.29. The molecule has 0 saturated heterocycles. The number of hydrogen-bond acceptors (Lipinski definition) is 1. The van der Waals surface area contributed by atoms with Crippen LogP contribution in [0.5, 0.6) is 0 Å². The lowest BCUT2D eigenvalue weighted by molar-refractivity contribution is 0.428. The molecule has 0 aliphatic rings. The highest BCUT2D eigenvalue weighted by molar-refractivity contribution is 5.20. The number of nitrogens with one attached hydrogen (secondary N) is 1. The minimum absolute atomic E-state index is 0.0160. The minimum Gasteiger partial charge on any atom is -0.310 e. The van der Waals surface area contributed by atoms with Gasteiger partial charge < -0.3 is 5.32 Å². The van der Waals surface area contributed by atoms with Crippen molar-refractivity contribution >= 4 is 0 Å². The lowest BCUT2D eigenvalue weighted by atomic mass is 10.0. The first-order valence-corrected chi connectivity index (χ1v) is 5.33. The summed E-state index contributed by atoms with van der Waals surface area (Å²) in [4.78, 5) is 0. The molecule has 0 aliphatic heterocycles. The monoisotopic (exact) mass is 213 g/mol. The van der Waals surface area contributed by atoms with Crippen molar-refractivity contribution < 1.29 is 8.78 Å². The van der Waals surface area contributed by atoms with Gasteiger partial charge in [0, 0.05) is 11.6 Å². The van der Waals surface area contributed by atoms with Crippen LogP contribution < -0.4 is 5.32 Å². The van der Waals surface area contributed by atoms with Gasteiger partial charge in [-0.3, -0.25) is 4.39 Å². The molecule has 3 heteroatoms. The fraction of sp³-hybridized carbons (Fsp3) is 0.500. The van der Waals surface area contributed by atoms with E-state index in [1.807, 2.05) is 13.0 Å². The van der Waals surface area contributed by atoms with Crippen LogP contribution in [0.2, 0.25) is 0 Å². The Hall–Kier alpha value is -0.960. The molecule has 15 heavy (non-hydrogen) atoms. The molecule has 0 aromatic heterocycles. The molecule has 1 rings (SSSR count). The zero-order chi connectivity index (χ0) is 11.1. The summed E-state index contributed by atoms with van der Waals surface area (Å²) in [7, 11) is 0. The molecule has 1 atom stereocenters. The van der Waals surface area contributed by atoms with Gasteiger partial charge in [0.05, 0.1) is 6.67 Å². The molecule has 0 radical (unpaired) electrons. The number of benzene rings is 1. The first-order valence-electron chi connectivity index (χ1n) is 5.33. The topological polar surface area (TPSA) is 12.0 Å². The summed E-state index contributed by atoms with van der Waals surface area (Å²) in [6.45, 7) is 2.24. The molecule has 1 N–H and O–H groups in total. The molecule has 1 aromatic carbocycles. The van der Waals surface area contributed by atoms with Gasteiger partial charge in [0.2, 0.25) is 0 Å². The first kappa shape index (κ1) is 12.1. The molecule has 0 heterocycles. The number of hydrogen-bond donors (Lipinski definition) is 1. The van der Waals surface area contributed by atoms with Gasteiger partial charge in [-0.1, -0.05) is 25.1 Å². The summed E-state index contributed by atoms with van der Waals surface area (Å²) < 4.78 is 25.3. The molecule has 0 bridgehead atoms. The molecule has 0 aliphatic carbocycles. The van der Waals surface area contributed by atoms with Crippen molar-refractivity contribution in [2.24, 2.45) is 0 Å². The van der Waals surface area contributed by atoms with E-state index >= 15 is 0 Å². The third-order valence-corrected chi connectivity index (χ3v) is 2.39. The summed E-state index contributed by atoms with van der Waals surface area (Å²) in [6.07, 6.45) is 1.28. The van der Waals surface area contributed by atoms with Crippen molar-refractivity contribution in [1.29, 1.82) is 0 Å². The van der Waals surface area contributed by atoms with Crippen molar-refractivity contribution in [3.05, 3.63) is 35.6 Å². The molecule has 0 saturated carbocycles. The fourth-order valence-corrected chi connectivity index (χ4v) is 1.58. The summed E-state index contributed by atoms with van der Waals surface area (Å²) in [6, 6.07) is 6.70. The Bertz CT molecular complexity index is 289. The van der Waals surface area contributed by atoms with Gasteiger partial charge in [-0.05, 0) is 25.5 Å². The van der Waals surface area contributed by atoms with Crippen molar-refractivity contribution in [1.82, 2.24) is 5.32 Å². The van der Waals surface area contributed by atoms with Gasteiger partial charge in [0.15, 0.2) is 0 Å². The molecule has 84 valence electrons. The summed E-state index contributed by atoms with van der Waals surface area (Å²) in [5.41, 5.74) is 0.666. The molecular weight excluding hydrogens is 196 g/mol. The standard InChI is InChI=1S/C12H17F2N/c1-2-12(15-9-5-8-13)10-6-3-4-7-11(10)14/h3-4,6-7,12,15H,2,5,8-9H2,1H3/t12-/m0/s1. The highest BCUT2D eigenvalue weighted by Crippen LogP contribution is 2.19. The van der Waals surface area contributed by atoms with Gasteiger partial charge >= 0.3 is 0 Å². The van der Waals surface area contributed by atoms with Crippen LogP contribution >= 0.6 is 0 Å². The Kier molecular flexibility index (Phi) is 5.26. The quantitative estimate of drug-likeness (QED) is 0.715. The highest BCUT2D eigenvalue weighted by atomic mass is 19.1. The lowest BCUT2D eigenvalue weighted by Crippen LogP contribution is -2.23. The van der Waals surface area contributed by atoms with Crippen LogP contribution in [-0.4, -0.2) is 13.2 Å². The molecular formula is C12H17F2N. The molecule has 0 fully saturated rings. The van der Waals surface area contributed by atoms with E-state index < -0.39 is 0 Å². The largest absolute Gasteiger partial charge is 0.310 e. The summed E-state index contributed by atoms with van der Waals surface area (Å²) >= 11 is 0. The van der Waals surface area contributed by atoms with Crippen LogP contribution in [0.3, 0.4) is 0 Å². The third-order valence-electron chi connectivity index (χ3n) is 2.39. The predicted octanol–water partition coefficient (Wildman–Crippen LogP) is 3.23. The maximum atomic E-state index is 13.4. The Morgan fingerprint density at radius 2 is 2.07 bits per heavy atom. The van der Waals surface area contributed by atoms with E-state index in [2.05, 4.69) is 5.32 Å². The molecule has 0 unspecified atom stereocenters. The zero-order valence-electron chi connectivity index (χ0n) is 8.97. The van der Waals surface area contributed by atoms with Gasteiger partial charge in [0.1, 0.15) is 5.82 Å². The van der Waals surface area contributed by atoms with E-state index in [-0.39, 0.29) is 18.5 Å². The average molecular weight is 213 g/mol. The third kappa shape index (κ3) is 3.59. The van der Waals surface area contributed by atoms with Crippen LogP contribution in [0.1, 0.15) is 31.4 Å². The van der Waals surface area contributed by atoms with Crippen molar-refractivity contribution in [2.75, 3.05) is 13.2 Å². The normalized spacial score (nSPS) is 12.7. The van der Waals surface area contributed by atoms with Gasteiger partial charge in [-0.15, -0.1) is 0 Å². The number of halogens is 2. The minimum atomic E-state index is -0.333. The second-order valence-electron chi connectivity index (χ2n) is 3.48. The van der Waals surface area contributed by atoms with Gasteiger partial charge in [-0.2, -0.15) is 0 Å². The van der Waals surface area contributed by atoms with Gasteiger partial charge in [0.25, 0.3) is 0 Å². The maximum absolute atomic E-state index is 13.4. The molecule has 0 amide bonds. The SMILES string of the molecule is CC[C@H](NCCCF)c1ccccc1F. The van der Waals surface area contributed by atoms with Gasteiger partial charge in [-0.25, -0.2) is 4.39 Å². The van der Waals surface area contributed by atoms with Crippen LogP contribution in [0, 0.1) is 5.82 Å². The van der Waals surface area contributed by atoms with E-state index in [0.717, 1.165) is 6.42 Å². The Morgan fingerprint density at radius 1 is 1.33 bits per heavy atom. The molecule has 0 spiro atoms. The van der Waals surface area contributed by atoms with E-state index in [0.29, 0.717) is 18.5 Å². The fourth-order valence-electron chi connectivity index (χ4n) is 1.58. The Morgan fingerprint density at radius 3 is 2.67 bits per heavy atom. The van der Waals surface area contributed by atoms with Crippen molar-refractivity contribution in [3.8, 4) is 0 Å². The van der Waals surface area contributed by atoms with Crippen LogP contribution in [0.15, 0.2) is 24.3 Å². The van der Waals surface area contributed by atoms with Crippen LogP contribution in [0.4, 0.5) is 8.78 Å². The lowest BCUT2D eigenvalue weighted by Gasteiger charge is -2.17. The average Bonchev–Trinajstić information content (AvgIpc) is 2.26. The Labute approximate surface area is 89.5 Å². The van der Waals surface area contributed by atoms with E-state index in [4.69, 9.17) is 0 Å². The Balaban J connectivity index is 2.61. The second-order valence-corrected chi connectivity index (χ2v) is 3.48. The van der Waals surface area contributed by atoms with E-state index in [1.165, 1.54) is 6.07 Å². The number of rotatable bonds is 6. The van der Waals surface area contributed by atoms with Crippen LogP contribution in [0.25, 0.3) is 0 Å². The van der Waals surface area contributed by atoms with E-state index in [9.17, 15) is 8.78 Å². The zero-order valence-corrected chi connectivity index (χ0v) is 8.97. The summed E-state index contributed by atoms with van der Waals surface area (Å²) in [5.74, 6) is -0.197. The maximum Gasteiger partial charge on any atom is 0.127 e. The molecule has 1 aromatic rings. The van der Waals surface area contributed by atoms with Crippen molar-refractivity contribution in [2.45, 2.75) is 25.8 Å². The van der Waals surface area contributed by atoms with Crippen molar-refractivity contribution in [3.63, 3.8) is 0 Å². The highest BCUT2D eigenvalue weighted by Gasteiger charge is 2.11. The smallest absolute Gasteiger partial charge is 0.127 e. The van der Waals surface area contributed by atoms with Crippen LogP contribution in [-0.2, 0) is 0 Å².